The number of hydrogen-bond donors (Lipinski definition) is 0. The highest BCUT2D eigenvalue weighted by Crippen LogP contribution is 2.30. The first-order chi connectivity index (χ1) is 14.1. The maximum absolute atomic E-state index is 10.6. The van der Waals surface area contributed by atoms with Gasteiger partial charge in [-0.1, -0.05) is 11.8 Å². The van der Waals surface area contributed by atoms with Crippen LogP contribution in [0.15, 0.2) is 52.1 Å². The predicted molar refractivity (Wildman–Crippen MR) is 107 cm³/mol. The average Bonchev–Trinajstić information content (AvgIpc) is 3.22. The lowest BCUT2D eigenvalue weighted by molar-refractivity contribution is -0.384. The minimum atomic E-state index is -0.444. The molecule has 0 aliphatic rings. The molecular formula is C19H19N3O6S. The number of nitrogens with zero attached hydrogens (tertiary/aromatic N) is 3. The molecule has 0 fully saturated rings. The summed E-state index contributed by atoms with van der Waals surface area (Å²) in [5, 5.41) is 19.2. The molecular weight excluding hydrogens is 398 g/mol. The van der Waals surface area contributed by atoms with E-state index in [2.05, 4.69) is 10.2 Å². The summed E-state index contributed by atoms with van der Waals surface area (Å²) in [6.45, 7) is 0.471. The number of non-ortho nitro benzene ring substituents is 1. The Morgan fingerprint density at radius 1 is 1.03 bits per heavy atom. The van der Waals surface area contributed by atoms with Gasteiger partial charge in [0.1, 0.15) is 17.2 Å². The van der Waals surface area contributed by atoms with E-state index >= 15 is 0 Å². The van der Waals surface area contributed by atoms with Gasteiger partial charge in [-0.2, -0.15) is 0 Å². The van der Waals surface area contributed by atoms with Gasteiger partial charge in [-0.25, -0.2) is 0 Å². The number of benzene rings is 2. The second kappa shape index (κ2) is 9.78. The molecule has 3 aromatic rings. The number of hydrogen-bond acceptors (Lipinski definition) is 9. The van der Waals surface area contributed by atoms with Crippen LogP contribution in [-0.2, 0) is 0 Å². The zero-order chi connectivity index (χ0) is 20.6. The fourth-order valence-corrected chi connectivity index (χ4v) is 3.06. The largest absolute Gasteiger partial charge is 0.497 e. The van der Waals surface area contributed by atoms with Crippen molar-refractivity contribution in [2.45, 2.75) is 11.6 Å². The minimum Gasteiger partial charge on any atom is -0.497 e. The van der Waals surface area contributed by atoms with E-state index in [1.54, 1.807) is 44.6 Å². The third-order valence-electron chi connectivity index (χ3n) is 3.84. The van der Waals surface area contributed by atoms with Crippen LogP contribution in [0, 0.1) is 10.1 Å². The number of nitro groups is 1. The van der Waals surface area contributed by atoms with Crippen LogP contribution in [0.5, 0.6) is 17.2 Å². The summed E-state index contributed by atoms with van der Waals surface area (Å²) in [7, 11) is 3.15. The Hall–Kier alpha value is -3.27. The smallest absolute Gasteiger partial charge is 0.276 e. The molecule has 0 spiro atoms. The first-order valence-corrected chi connectivity index (χ1v) is 9.64. The highest BCUT2D eigenvalue weighted by molar-refractivity contribution is 7.99. The van der Waals surface area contributed by atoms with Crippen LogP contribution in [-0.4, -0.2) is 41.7 Å². The summed E-state index contributed by atoms with van der Waals surface area (Å²) >= 11 is 1.43. The van der Waals surface area contributed by atoms with E-state index in [-0.39, 0.29) is 5.69 Å². The van der Waals surface area contributed by atoms with Crippen molar-refractivity contribution in [1.82, 2.24) is 10.2 Å². The van der Waals surface area contributed by atoms with Crippen LogP contribution in [0.25, 0.3) is 11.5 Å². The molecule has 0 aliphatic heterocycles. The quantitative estimate of drug-likeness (QED) is 0.207. The zero-order valence-corrected chi connectivity index (χ0v) is 16.7. The zero-order valence-electron chi connectivity index (χ0n) is 15.9. The molecule has 1 heterocycles. The van der Waals surface area contributed by atoms with E-state index in [1.807, 2.05) is 0 Å². The van der Waals surface area contributed by atoms with Crippen LogP contribution in [0.2, 0.25) is 0 Å². The van der Waals surface area contributed by atoms with Crippen LogP contribution in [0.1, 0.15) is 6.42 Å². The average molecular weight is 417 g/mol. The van der Waals surface area contributed by atoms with Crippen molar-refractivity contribution < 1.29 is 23.6 Å². The normalized spacial score (nSPS) is 10.6. The van der Waals surface area contributed by atoms with Gasteiger partial charge in [0, 0.05) is 29.5 Å². The second-order valence-electron chi connectivity index (χ2n) is 5.78. The van der Waals surface area contributed by atoms with E-state index in [0.717, 1.165) is 12.2 Å². The molecule has 0 N–H and O–H groups in total. The van der Waals surface area contributed by atoms with Gasteiger partial charge in [-0.05, 0) is 30.7 Å². The van der Waals surface area contributed by atoms with Gasteiger partial charge in [0.05, 0.1) is 25.7 Å². The summed E-state index contributed by atoms with van der Waals surface area (Å²) in [4.78, 5) is 10.2. The van der Waals surface area contributed by atoms with E-state index in [1.165, 1.54) is 23.9 Å². The Morgan fingerprint density at radius 2 is 1.72 bits per heavy atom. The van der Waals surface area contributed by atoms with Gasteiger partial charge < -0.3 is 18.6 Å². The number of thioether (sulfide) groups is 1. The van der Waals surface area contributed by atoms with Gasteiger partial charge in [-0.15, -0.1) is 10.2 Å². The van der Waals surface area contributed by atoms with Crippen molar-refractivity contribution in [1.29, 1.82) is 0 Å². The minimum absolute atomic E-state index is 0.0359. The summed E-state index contributed by atoms with van der Waals surface area (Å²) in [6.07, 6.45) is 0.742. The molecule has 0 saturated heterocycles. The second-order valence-corrected chi connectivity index (χ2v) is 6.82. The van der Waals surface area contributed by atoms with Crippen molar-refractivity contribution >= 4 is 17.4 Å². The maximum atomic E-state index is 10.6. The standard InChI is InChI=1S/C19H19N3O6S/c1-25-16-10-13(11-17(12-16)26-2)18-20-21-19(28-18)29-9-3-8-27-15-6-4-14(5-7-15)22(23)24/h4-7,10-12H,3,8-9H2,1-2H3. The lowest BCUT2D eigenvalue weighted by Gasteiger charge is -2.05. The van der Waals surface area contributed by atoms with Crippen molar-refractivity contribution in [3.05, 3.63) is 52.6 Å². The first-order valence-electron chi connectivity index (χ1n) is 8.66. The number of aromatic nitrogens is 2. The monoisotopic (exact) mass is 417 g/mol. The third-order valence-corrected chi connectivity index (χ3v) is 4.74. The molecule has 0 unspecified atom stereocenters. The van der Waals surface area contributed by atoms with Crippen molar-refractivity contribution in [3.8, 4) is 28.7 Å². The molecule has 9 nitrogen and oxygen atoms in total. The molecule has 0 radical (unpaired) electrons. The molecule has 29 heavy (non-hydrogen) atoms. The van der Waals surface area contributed by atoms with Gasteiger partial charge >= 0.3 is 0 Å². The molecule has 0 bridgehead atoms. The maximum Gasteiger partial charge on any atom is 0.276 e. The predicted octanol–water partition coefficient (Wildman–Crippen LogP) is 4.22. The molecule has 3 rings (SSSR count). The lowest BCUT2D eigenvalue weighted by Crippen LogP contribution is -1.98. The molecule has 0 aliphatic carbocycles. The van der Waals surface area contributed by atoms with E-state index in [9.17, 15) is 10.1 Å². The van der Waals surface area contributed by atoms with Gasteiger partial charge in [0.25, 0.3) is 10.9 Å². The highest BCUT2D eigenvalue weighted by Gasteiger charge is 2.12. The molecule has 0 amide bonds. The SMILES string of the molecule is COc1cc(OC)cc(-c2nnc(SCCCOc3ccc([N+](=O)[O-])cc3)o2)c1. The summed E-state index contributed by atoms with van der Waals surface area (Å²) in [5.41, 5.74) is 0.746. The fourth-order valence-electron chi connectivity index (χ4n) is 2.39. The summed E-state index contributed by atoms with van der Waals surface area (Å²) in [5.74, 6) is 2.96. The Labute approximate surface area is 171 Å². The van der Waals surface area contributed by atoms with E-state index in [4.69, 9.17) is 18.6 Å². The number of ether oxygens (including phenoxy) is 3. The number of methoxy groups -OCH3 is 2. The highest BCUT2D eigenvalue weighted by atomic mass is 32.2. The van der Waals surface area contributed by atoms with E-state index in [0.29, 0.717) is 40.5 Å². The van der Waals surface area contributed by atoms with Crippen LogP contribution in [0.3, 0.4) is 0 Å². The molecule has 0 saturated carbocycles. The van der Waals surface area contributed by atoms with Gasteiger partial charge in [-0.3, -0.25) is 10.1 Å². The van der Waals surface area contributed by atoms with Crippen molar-refractivity contribution in [2.75, 3.05) is 26.6 Å². The lowest BCUT2D eigenvalue weighted by atomic mass is 10.2. The summed E-state index contributed by atoms with van der Waals surface area (Å²) < 4.78 is 21.8. The topological polar surface area (TPSA) is 110 Å². The van der Waals surface area contributed by atoms with Crippen molar-refractivity contribution in [3.63, 3.8) is 0 Å². The van der Waals surface area contributed by atoms with Crippen molar-refractivity contribution in [2.24, 2.45) is 0 Å². The van der Waals surface area contributed by atoms with Crippen LogP contribution in [0.4, 0.5) is 5.69 Å². The first kappa shape index (κ1) is 20.5. The Morgan fingerprint density at radius 3 is 2.34 bits per heavy atom. The molecule has 10 heteroatoms. The molecule has 0 atom stereocenters. The van der Waals surface area contributed by atoms with E-state index < -0.39 is 4.92 Å². The van der Waals surface area contributed by atoms with Gasteiger partial charge in [0.15, 0.2) is 0 Å². The Bertz CT molecular complexity index is 939. The van der Waals surface area contributed by atoms with Crippen LogP contribution < -0.4 is 14.2 Å². The number of nitro benzene ring substituents is 1. The fraction of sp³-hybridized carbons (Fsp3) is 0.263. The number of rotatable bonds is 10. The Kier molecular flexibility index (Phi) is 6.90. The molecule has 1 aromatic heterocycles. The van der Waals surface area contributed by atoms with Crippen LogP contribution >= 0.6 is 11.8 Å². The summed E-state index contributed by atoms with van der Waals surface area (Å²) in [6, 6.07) is 11.3. The van der Waals surface area contributed by atoms with Gasteiger partial charge in [0.2, 0.25) is 5.89 Å². The third kappa shape index (κ3) is 5.61. The molecule has 152 valence electrons. The molecule has 2 aromatic carbocycles. The Balaban J connectivity index is 1.48.